The Morgan fingerprint density at radius 3 is 1.83 bits per heavy atom. The molecule has 0 bridgehead atoms. The van der Waals surface area contributed by atoms with Crippen molar-refractivity contribution in [3.63, 3.8) is 0 Å². The number of pyridine rings is 1. The lowest BCUT2D eigenvalue weighted by Gasteiger charge is -2.31. The fourth-order valence-corrected chi connectivity index (χ4v) is 10.00. The van der Waals surface area contributed by atoms with Crippen LogP contribution in [0.4, 0.5) is 0 Å². The average molecular weight is 1010 g/mol. The van der Waals surface area contributed by atoms with Gasteiger partial charge in [0.25, 0.3) is 6.33 Å². The van der Waals surface area contributed by atoms with Gasteiger partial charge >= 0.3 is 0 Å². The van der Waals surface area contributed by atoms with E-state index in [-0.39, 0.29) is 56.4 Å². The van der Waals surface area contributed by atoms with E-state index in [0.29, 0.717) is 39.3 Å². The fraction of sp³-hybridized carbons (Fsp3) is 0.239. The van der Waals surface area contributed by atoms with Crippen LogP contribution < -0.4 is 9.30 Å². The minimum Gasteiger partial charge on any atom is -0.458 e. The lowest BCUT2D eigenvalue weighted by molar-refractivity contribution is -0.572. The van der Waals surface area contributed by atoms with Gasteiger partial charge in [-0.2, -0.15) is 0 Å². The van der Waals surface area contributed by atoms with Gasteiger partial charge in [0.2, 0.25) is 0 Å². The van der Waals surface area contributed by atoms with Crippen LogP contribution in [0.5, 0.6) is 11.5 Å². The van der Waals surface area contributed by atoms with Crippen LogP contribution in [0.3, 0.4) is 0 Å². The number of hydrogen-bond donors (Lipinski definition) is 0. The second-order valence-electron chi connectivity index (χ2n) is 23.9. The van der Waals surface area contributed by atoms with Crippen molar-refractivity contribution in [1.29, 1.82) is 0 Å². The van der Waals surface area contributed by atoms with Gasteiger partial charge in [-0.25, -0.2) is 4.98 Å². The van der Waals surface area contributed by atoms with E-state index in [4.69, 9.17) is 27.5 Å². The van der Waals surface area contributed by atoms with Crippen LogP contribution >= 0.6 is 0 Å². The molecule has 0 unspecified atom stereocenters. The quantitative estimate of drug-likeness (QED) is 0.112. The highest BCUT2D eigenvalue weighted by Crippen LogP contribution is 2.43. The van der Waals surface area contributed by atoms with E-state index < -0.39 is 60.6 Å². The summed E-state index contributed by atoms with van der Waals surface area (Å²) >= 11 is 0. The van der Waals surface area contributed by atoms with Crippen LogP contribution in [0.25, 0.3) is 83.4 Å². The Labute approximate surface area is 468 Å². The largest absolute Gasteiger partial charge is 0.458 e. The van der Waals surface area contributed by atoms with E-state index in [9.17, 15) is 0 Å². The summed E-state index contributed by atoms with van der Waals surface area (Å²) < 4.78 is 125. The first kappa shape index (κ1) is 36.8. The minimum atomic E-state index is -2.79. The third kappa shape index (κ3) is 9.42. The van der Waals surface area contributed by atoms with Crippen molar-refractivity contribution >= 4 is 32.8 Å². The highest BCUT2D eigenvalue weighted by Gasteiger charge is 2.30. The van der Waals surface area contributed by atoms with Crippen LogP contribution in [-0.4, -0.2) is 14.1 Å². The first-order valence-electron chi connectivity index (χ1n) is 32.3. The Morgan fingerprint density at radius 1 is 0.513 bits per heavy atom. The zero-order chi connectivity index (χ0) is 64.7. The number of aromatic nitrogens is 4. The molecule has 0 saturated heterocycles. The summed E-state index contributed by atoms with van der Waals surface area (Å²) in [6.45, 7) is 24.0. The maximum atomic E-state index is 9.07. The Bertz CT molecular complexity index is 4650. The summed E-state index contributed by atoms with van der Waals surface area (Å²) in [6.07, 6.45) is 5.07. The summed E-state index contributed by atoms with van der Waals surface area (Å²) in [6, 6.07) is 34.5. The maximum absolute atomic E-state index is 9.07. The predicted octanol–water partition coefficient (Wildman–Crippen LogP) is 18.5. The molecule has 0 atom stereocenters. The summed E-state index contributed by atoms with van der Waals surface area (Å²) in [5, 5.41) is 1.66. The van der Waals surface area contributed by atoms with Crippen molar-refractivity contribution in [2.75, 3.05) is 0 Å². The molecule has 380 valence electrons. The number of fused-ring (bicyclic) bond motifs is 4. The molecule has 0 aliphatic heterocycles. The third-order valence-corrected chi connectivity index (χ3v) is 14.3. The molecule has 0 aliphatic rings. The smallest absolute Gasteiger partial charge is 0.269 e. The predicted molar refractivity (Wildman–Crippen MR) is 318 cm³/mol. The number of rotatable bonds is 8. The molecule has 0 spiro atoms. The second kappa shape index (κ2) is 18.7. The van der Waals surface area contributed by atoms with E-state index in [1.165, 1.54) is 23.4 Å². The average Bonchev–Trinajstić information content (AvgIpc) is 1.73. The van der Waals surface area contributed by atoms with Gasteiger partial charge in [-0.3, -0.25) is 13.7 Å². The summed E-state index contributed by atoms with van der Waals surface area (Å²) in [4.78, 5) is 4.75. The second-order valence-corrected chi connectivity index (χ2v) is 23.9. The van der Waals surface area contributed by atoms with Crippen molar-refractivity contribution in [3.8, 4) is 62.1 Å². The molecule has 0 saturated carbocycles. The van der Waals surface area contributed by atoms with E-state index in [2.05, 4.69) is 124 Å². The molecule has 76 heavy (non-hydrogen) atoms. The zero-order valence-electron chi connectivity index (χ0n) is 58.3. The first-order valence-corrected chi connectivity index (χ1v) is 25.8. The lowest BCUT2D eigenvalue weighted by Crippen LogP contribution is -2.35. The Balaban J connectivity index is 1.12. The molecule has 0 amide bonds. The molecule has 11 aromatic rings. The molecule has 8 aromatic carbocycles. The first-order chi connectivity index (χ1) is 41.4. The van der Waals surface area contributed by atoms with Crippen LogP contribution in [-0.2, 0) is 21.7 Å². The molecule has 11 rings (SSSR count). The van der Waals surface area contributed by atoms with Crippen molar-refractivity contribution < 1.29 is 27.1 Å². The Morgan fingerprint density at radius 2 is 1.16 bits per heavy atom. The standard InChI is InChI=1S/C71H70N4O/c1-46-35-66(72-44-60(46)48-25-18-15-19-26-48)75-62-30-21-20-29-57(62)58-33-32-56(43-64(58)75)76-55-28-22-27-54(42-55)73-45-74(63-34-31-49(38-65(63)73)47-23-16-14-17-24-47)67-59(40-53(70(8,9)10)41-61(67)71(11,12)13)50-36-51(68(2,3)4)39-52(37-50)69(5,6)7/h14-44H,1-13H3/i1D3,14D,15D,16D,17D,18D,19D,23D,24D,25D,26D. The molecule has 3 aromatic heterocycles. The monoisotopic (exact) mass is 1010 g/mol. The molecule has 0 aliphatic carbocycles. The molecular formula is C71H70N4O. The van der Waals surface area contributed by atoms with Crippen LogP contribution in [0, 0.1) is 13.2 Å². The number of ether oxygens (including phenoxy) is 1. The molecule has 3 heterocycles. The molecule has 5 nitrogen and oxygen atoms in total. The molecule has 0 fully saturated rings. The summed E-state index contributed by atoms with van der Waals surface area (Å²) in [5.74, 6) is 1.08. The van der Waals surface area contributed by atoms with Gasteiger partial charge in [-0.15, -0.1) is 0 Å². The SMILES string of the molecule is [2H]c1c([2H])c([2H])c(-c2ccc3c(c2)n(-c2cccc(Oc4ccc5c6ccccc6n(-c6cc(C([2H])([2H])[2H])c(-c7c([2H])c([2H])c([2H])c([2H])c7[2H])cn6)c5c4)c2)[c-][n+]3-c2c(-c3cc(C(C)(C)C)cc(C(C)(C)C)c3)cc(C(C)(C)C)cc2C(C)(C)C)c([2H])c1[2H]. The van der Waals surface area contributed by atoms with E-state index >= 15 is 0 Å². The summed E-state index contributed by atoms with van der Waals surface area (Å²) in [7, 11) is 0. The number of hydrogen-bond acceptors (Lipinski definition) is 2. The number of aryl methyl sites for hydroxylation is 1. The van der Waals surface area contributed by atoms with Gasteiger partial charge < -0.3 is 4.74 Å². The number of para-hydroxylation sites is 1. The third-order valence-electron chi connectivity index (χ3n) is 14.3. The molecule has 0 radical (unpaired) electrons. The van der Waals surface area contributed by atoms with Crippen LogP contribution in [0.15, 0.2) is 188 Å². The van der Waals surface area contributed by atoms with Crippen molar-refractivity contribution in [2.45, 2.75) is 112 Å². The zero-order valence-corrected chi connectivity index (χ0v) is 45.3. The number of imidazole rings is 1. The number of benzene rings is 8. The van der Waals surface area contributed by atoms with Crippen LogP contribution in [0.1, 0.15) is 129 Å². The highest BCUT2D eigenvalue weighted by molar-refractivity contribution is 6.09. The highest BCUT2D eigenvalue weighted by atomic mass is 16.5. The van der Waals surface area contributed by atoms with Gasteiger partial charge in [0.1, 0.15) is 17.3 Å². The van der Waals surface area contributed by atoms with Gasteiger partial charge in [-0.05, 0) is 133 Å². The van der Waals surface area contributed by atoms with Crippen molar-refractivity contribution in [1.82, 2.24) is 14.1 Å². The van der Waals surface area contributed by atoms with E-state index in [1.807, 2.05) is 94.1 Å². The Kier molecular flexibility index (Phi) is 9.05. The van der Waals surface area contributed by atoms with Gasteiger partial charge in [-0.1, -0.05) is 210 Å². The maximum Gasteiger partial charge on any atom is 0.269 e. The summed E-state index contributed by atoms with van der Waals surface area (Å²) in [5.41, 5.74) is 9.79. The Hall–Kier alpha value is -8.02. The molecule has 0 N–H and O–H groups in total. The minimum absolute atomic E-state index is 0.0659. The van der Waals surface area contributed by atoms with Gasteiger partial charge in [0.15, 0.2) is 0 Å². The fourth-order valence-electron chi connectivity index (χ4n) is 10.00. The van der Waals surface area contributed by atoms with Crippen molar-refractivity contribution in [2.24, 2.45) is 0 Å². The normalized spacial score (nSPS) is 15.1. The topological polar surface area (TPSA) is 35.9 Å². The van der Waals surface area contributed by atoms with Gasteiger partial charge in [0, 0.05) is 32.7 Å². The van der Waals surface area contributed by atoms with Gasteiger partial charge in [0.05, 0.1) is 47.1 Å². The lowest BCUT2D eigenvalue weighted by atomic mass is 9.75. The molecular weight excluding hydrogens is 925 g/mol. The van der Waals surface area contributed by atoms with Crippen LogP contribution in [0.2, 0.25) is 0 Å². The van der Waals surface area contributed by atoms with E-state index in [1.54, 1.807) is 0 Å². The molecule has 5 heteroatoms. The number of nitrogens with zero attached hydrogens (tertiary/aromatic N) is 4. The van der Waals surface area contributed by atoms with E-state index in [0.717, 1.165) is 44.2 Å². The van der Waals surface area contributed by atoms with Crippen molar-refractivity contribution in [3.05, 3.63) is 222 Å².